The van der Waals surface area contributed by atoms with E-state index in [0.29, 0.717) is 25.9 Å². The molecule has 2 aromatic rings. The molecule has 6 heteroatoms. The fourth-order valence-electron chi connectivity index (χ4n) is 2.61. The predicted octanol–water partition coefficient (Wildman–Crippen LogP) is 1.92. The summed E-state index contributed by atoms with van der Waals surface area (Å²) in [7, 11) is 0. The smallest absolute Gasteiger partial charge is 0.314 e. The van der Waals surface area contributed by atoms with Crippen LogP contribution >= 0.6 is 0 Å². The summed E-state index contributed by atoms with van der Waals surface area (Å²) in [5.41, 5.74) is 2.12. The van der Waals surface area contributed by atoms with Crippen LogP contribution in [0.4, 0.5) is 4.79 Å². The lowest BCUT2D eigenvalue weighted by atomic mass is 10.1. The molecule has 23 heavy (non-hydrogen) atoms. The van der Waals surface area contributed by atoms with Gasteiger partial charge in [-0.25, -0.2) is 9.78 Å². The molecule has 1 heterocycles. The summed E-state index contributed by atoms with van der Waals surface area (Å²) in [5, 5.41) is 14.5. The minimum absolute atomic E-state index is 0.150. The fourth-order valence-corrected chi connectivity index (χ4v) is 2.61. The first-order valence-electron chi connectivity index (χ1n) is 8.22. The Morgan fingerprint density at radius 1 is 1.35 bits per heavy atom. The Labute approximate surface area is 136 Å². The number of aromatic nitrogens is 2. The van der Waals surface area contributed by atoms with Gasteiger partial charge in [-0.05, 0) is 31.4 Å². The van der Waals surface area contributed by atoms with Gasteiger partial charge in [0.2, 0.25) is 0 Å². The molecular weight excluding hydrogens is 292 g/mol. The Bertz CT molecular complexity index is 639. The van der Waals surface area contributed by atoms with E-state index in [1.807, 2.05) is 25.1 Å². The van der Waals surface area contributed by atoms with Crippen LogP contribution in [0.25, 0.3) is 11.0 Å². The second-order valence-electron chi connectivity index (χ2n) is 5.77. The van der Waals surface area contributed by atoms with E-state index in [4.69, 9.17) is 5.11 Å². The first-order valence-corrected chi connectivity index (χ1v) is 8.22. The summed E-state index contributed by atoms with van der Waals surface area (Å²) in [4.78, 5) is 16.4. The van der Waals surface area contributed by atoms with Crippen LogP contribution in [0.1, 0.15) is 26.1 Å². The van der Waals surface area contributed by atoms with Crippen LogP contribution < -0.4 is 10.6 Å². The van der Waals surface area contributed by atoms with E-state index in [9.17, 15) is 4.79 Å². The van der Waals surface area contributed by atoms with Crippen molar-refractivity contribution >= 4 is 17.1 Å². The maximum atomic E-state index is 11.8. The number of aliphatic hydroxyl groups is 1. The summed E-state index contributed by atoms with van der Waals surface area (Å²) in [6, 6.07) is 7.90. The molecule has 3 N–H and O–H groups in total. The van der Waals surface area contributed by atoms with E-state index in [1.54, 1.807) is 0 Å². The van der Waals surface area contributed by atoms with Gasteiger partial charge in [-0.15, -0.1) is 0 Å². The van der Waals surface area contributed by atoms with E-state index in [-0.39, 0.29) is 18.6 Å². The van der Waals surface area contributed by atoms with Crippen LogP contribution in [0.3, 0.4) is 0 Å². The lowest BCUT2D eigenvalue weighted by Crippen LogP contribution is -2.39. The molecule has 0 saturated carbocycles. The number of amides is 2. The predicted molar refractivity (Wildman–Crippen MR) is 91.4 cm³/mol. The van der Waals surface area contributed by atoms with Gasteiger partial charge >= 0.3 is 6.03 Å². The summed E-state index contributed by atoms with van der Waals surface area (Å²) < 4.78 is 2.18. The van der Waals surface area contributed by atoms with Gasteiger partial charge < -0.3 is 20.3 Å². The molecular formula is C17H26N4O2. The van der Waals surface area contributed by atoms with Crippen LogP contribution in [-0.2, 0) is 13.0 Å². The van der Waals surface area contributed by atoms with E-state index in [0.717, 1.165) is 23.4 Å². The quantitative estimate of drug-likeness (QED) is 0.696. The van der Waals surface area contributed by atoms with Gasteiger partial charge in [0.1, 0.15) is 5.82 Å². The van der Waals surface area contributed by atoms with Crippen molar-refractivity contribution in [1.82, 2.24) is 20.2 Å². The standard InChI is InChI=1S/C17H26N4O2/c1-3-21-15-7-5-4-6-14(15)20-16(21)8-10-18-17(23)19-12-13(2)9-11-22/h4-7,13,22H,3,8-12H2,1-2H3,(H2,18,19,23). The zero-order chi connectivity index (χ0) is 16.7. The van der Waals surface area contributed by atoms with Crippen molar-refractivity contribution < 1.29 is 9.90 Å². The van der Waals surface area contributed by atoms with E-state index < -0.39 is 0 Å². The highest BCUT2D eigenvalue weighted by Gasteiger charge is 2.09. The Morgan fingerprint density at radius 2 is 2.13 bits per heavy atom. The van der Waals surface area contributed by atoms with E-state index >= 15 is 0 Å². The monoisotopic (exact) mass is 318 g/mol. The maximum Gasteiger partial charge on any atom is 0.314 e. The number of aryl methyl sites for hydroxylation is 1. The van der Waals surface area contributed by atoms with Crippen molar-refractivity contribution in [2.24, 2.45) is 5.92 Å². The zero-order valence-corrected chi connectivity index (χ0v) is 13.9. The summed E-state index contributed by atoms with van der Waals surface area (Å²) in [6.07, 6.45) is 1.39. The third-order valence-corrected chi connectivity index (χ3v) is 3.92. The van der Waals surface area contributed by atoms with Crippen molar-refractivity contribution in [1.29, 1.82) is 0 Å². The molecule has 2 rings (SSSR count). The third-order valence-electron chi connectivity index (χ3n) is 3.92. The minimum Gasteiger partial charge on any atom is -0.396 e. The number of para-hydroxylation sites is 2. The van der Waals surface area contributed by atoms with Gasteiger partial charge in [-0.1, -0.05) is 19.1 Å². The van der Waals surface area contributed by atoms with Crippen LogP contribution in [0.2, 0.25) is 0 Å². The van der Waals surface area contributed by atoms with Gasteiger partial charge in [-0.3, -0.25) is 0 Å². The third kappa shape index (κ3) is 4.69. The van der Waals surface area contributed by atoms with Crippen molar-refractivity contribution in [2.75, 3.05) is 19.7 Å². The Balaban J connectivity index is 1.83. The van der Waals surface area contributed by atoms with Crippen molar-refractivity contribution in [3.8, 4) is 0 Å². The number of urea groups is 1. The molecule has 0 aliphatic rings. The average molecular weight is 318 g/mol. The van der Waals surface area contributed by atoms with Crippen LogP contribution in [0.15, 0.2) is 24.3 Å². The summed E-state index contributed by atoms with van der Waals surface area (Å²) in [5.74, 6) is 1.26. The number of nitrogens with zero attached hydrogens (tertiary/aromatic N) is 2. The lowest BCUT2D eigenvalue weighted by Gasteiger charge is -2.12. The lowest BCUT2D eigenvalue weighted by molar-refractivity contribution is 0.234. The Morgan fingerprint density at radius 3 is 2.87 bits per heavy atom. The molecule has 6 nitrogen and oxygen atoms in total. The Hall–Kier alpha value is -2.08. The highest BCUT2D eigenvalue weighted by atomic mass is 16.3. The molecule has 2 amide bonds. The van der Waals surface area contributed by atoms with Crippen molar-refractivity contribution in [3.05, 3.63) is 30.1 Å². The number of fused-ring (bicyclic) bond motifs is 1. The number of benzene rings is 1. The molecule has 126 valence electrons. The SMILES string of the molecule is CCn1c(CCNC(=O)NCC(C)CCO)nc2ccccc21. The normalized spacial score (nSPS) is 12.3. The highest BCUT2D eigenvalue weighted by molar-refractivity contribution is 5.76. The molecule has 0 bridgehead atoms. The molecule has 1 aromatic carbocycles. The molecule has 0 aliphatic carbocycles. The van der Waals surface area contributed by atoms with Gasteiger partial charge in [0.05, 0.1) is 11.0 Å². The topological polar surface area (TPSA) is 79.2 Å². The Kier molecular flexibility index (Phi) is 6.40. The number of hydrogen-bond acceptors (Lipinski definition) is 3. The van der Waals surface area contributed by atoms with Crippen LogP contribution in [0, 0.1) is 5.92 Å². The average Bonchev–Trinajstić information content (AvgIpc) is 2.90. The molecule has 0 radical (unpaired) electrons. The second kappa shape index (κ2) is 8.53. The minimum atomic E-state index is -0.172. The molecule has 0 spiro atoms. The largest absolute Gasteiger partial charge is 0.396 e. The van der Waals surface area contributed by atoms with E-state index in [2.05, 4.69) is 33.2 Å². The van der Waals surface area contributed by atoms with Gasteiger partial charge in [-0.2, -0.15) is 0 Å². The first-order chi connectivity index (χ1) is 11.2. The second-order valence-corrected chi connectivity index (χ2v) is 5.77. The molecule has 0 saturated heterocycles. The number of imidazole rings is 1. The number of hydrogen-bond donors (Lipinski definition) is 3. The molecule has 1 unspecified atom stereocenters. The molecule has 0 fully saturated rings. The van der Waals surface area contributed by atoms with Crippen LogP contribution in [0.5, 0.6) is 0 Å². The highest BCUT2D eigenvalue weighted by Crippen LogP contribution is 2.15. The summed E-state index contributed by atoms with van der Waals surface area (Å²) >= 11 is 0. The van der Waals surface area contributed by atoms with Gasteiger partial charge in [0.25, 0.3) is 0 Å². The first kappa shape index (κ1) is 17.3. The van der Waals surface area contributed by atoms with E-state index in [1.165, 1.54) is 0 Å². The van der Waals surface area contributed by atoms with Crippen LogP contribution in [-0.4, -0.2) is 40.4 Å². The molecule has 1 aromatic heterocycles. The number of carbonyl (C=O) groups is 1. The summed E-state index contributed by atoms with van der Waals surface area (Å²) in [6.45, 7) is 6.22. The molecule has 0 aliphatic heterocycles. The number of rotatable bonds is 8. The number of carbonyl (C=O) groups excluding carboxylic acids is 1. The number of aliphatic hydroxyl groups excluding tert-OH is 1. The zero-order valence-electron chi connectivity index (χ0n) is 13.9. The van der Waals surface area contributed by atoms with Crippen molar-refractivity contribution in [3.63, 3.8) is 0 Å². The van der Waals surface area contributed by atoms with Gasteiger partial charge in [0.15, 0.2) is 0 Å². The fraction of sp³-hybridized carbons (Fsp3) is 0.529. The number of nitrogens with one attached hydrogen (secondary N) is 2. The molecule has 1 atom stereocenters. The van der Waals surface area contributed by atoms with Crippen molar-refractivity contribution in [2.45, 2.75) is 33.2 Å². The maximum absolute atomic E-state index is 11.8. The van der Waals surface area contributed by atoms with Gasteiger partial charge in [0, 0.05) is 32.7 Å².